The minimum absolute atomic E-state index is 0.161. The quantitative estimate of drug-likeness (QED) is 0.456. The minimum Gasteiger partial charge on any atom is -0.492 e. The van der Waals surface area contributed by atoms with E-state index >= 15 is 0 Å². The number of carbonyl (C=O) groups excluding carboxylic acids is 2. The van der Waals surface area contributed by atoms with Crippen LogP contribution in [-0.2, 0) is 4.79 Å². The summed E-state index contributed by atoms with van der Waals surface area (Å²) in [4.78, 5) is 27.8. The van der Waals surface area contributed by atoms with Crippen molar-refractivity contribution in [2.45, 2.75) is 32.1 Å². The van der Waals surface area contributed by atoms with Crippen LogP contribution in [0.2, 0.25) is 0 Å². The van der Waals surface area contributed by atoms with E-state index < -0.39 is 0 Å². The van der Waals surface area contributed by atoms with Crippen LogP contribution in [0.4, 0.5) is 0 Å². The average Bonchev–Trinajstić information content (AvgIpc) is 2.82. The summed E-state index contributed by atoms with van der Waals surface area (Å²) in [6, 6.07) is 15.5. The molecule has 154 valence electrons. The summed E-state index contributed by atoms with van der Waals surface area (Å²) in [5.74, 6) is 1.10. The van der Waals surface area contributed by atoms with E-state index in [1.165, 1.54) is 6.42 Å². The van der Waals surface area contributed by atoms with Crippen LogP contribution >= 0.6 is 0 Å². The van der Waals surface area contributed by atoms with Crippen LogP contribution in [0.1, 0.15) is 42.5 Å². The number of nitrogens with one attached hydrogen (secondary N) is 1. The van der Waals surface area contributed by atoms with Gasteiger partial charge in [0.1, 0.15) is 12.4 Å². The maximum atomic E-state index is 12.2. The summed E-state index contributed by atoms with van der Waals surface area (Å²) in [5.41, 5.74) is 3.50. The molecule has 5 heteroatoms. The molecular formula is C25H26N2O3. The molecule has 1 saturated carbocycles. The van der Waals surface area contributed by atoms with Crippen LogP contribution in [0.15, 0.2) is 54.7 Å². The highest BCUT2D eigenvalue weighted by Gasteiger charge is 2.20. The van der Waals surface area contributed by atoms with Crippen molar-refractivity contribution in [1.29, 1.82) is 0 Å². The monoisotopic (exact) mass is 402 g/mol. The fraction of sp³-hybridized carbons (Fsp3) is 0.320. The minimum atomic E-state index is 0.161. The van der Waals surface area contributed by atoms with Crippen molar-refractivity contribution in [3.63, 3.8) is 0 Å². The largest absolute Gasteiger partial charge is 0.492 e. The molecule has 1 fully saturated rings. The molecule has 1 aromatic heterocycles. The van der Waals surface area contributed by atoms with E-state index in [1.54, 1.807) is 12.3 Å². The van der Waals surface area contributed by atoms with Crippen LogP contribution in [-0.4, -0.2) is 30.3 Å². The van der Waals surface area contributed by atoms with Crippen molar-refractivity contribution in [2.75, 3.05) is 13.2 Å². The molecule has 5 nitrogen and oxygen atoms in total. The third-order valence-corrected chi connectivity index (χ3v) is 5.74. The third kappa shape index (κ3) is 4.67. The van der Waals surface area contributed by atoms with Gasteiger partial charge in [0.05, 0.1) is 12.1 Å². The second-order valence-corrected chi connectivity index (χ2v) is 7.75. The second-order valence-electron chi connectivity index (χ2n) is 7.75. The lowest BCUT2D eigenvalue weighted by Gasteiger charge is -2.20. The number of fused-ring (bicyclic) bond motifs is 1. The molecule has 4 rings (SSSR count). The summed E-state index contributed by atoms with van der Waals surface area (Å²) in [6.45, 7) is 0.964. The lowest BCUT2D eigenvalue weighted by molar-refractivity contribution is -0.126. The molecule has 0 atom stereocenters. The molecule has 1 heterocycles. The van der Waals surface area contributed by atoms with E-state index in [2.05, 4.69) is 10.3 Å². The van der Waals surface area contributed by atoms with Crippen LogP contribution in [0.3, 0.4) is 0 Å². The molecule has 1 N–H and O–H groups in total. The van der Waals surface area contributed by atoms with Crippen LogP contribution in [0, 0.1) is 5.92 Å². The Morgan fingerprint density at radius 1 is 1.03 bits per heavy atom. The van der Waals surface area contributed by atoms with Crippen molar-refractivity contribution < 1.29 is 14.3 Å². The SMILES string of the molecule is O=Cc1ccnc2ccc(-c3ccc(OCCNC(=O)C4CCCCC4)cc3)cc12. The molecule has 0 aliphatic heterocycles. The van der Waals surface area contributed by atoms with Gasteiger partial charge in [0.15, 0.2) is 6.29 Å². The Balaban J connectivity index is 1.33. The molecule has 3 aromatic rings. The fourth-order valence-electron chi connectivity index (χ4n) is 4.05. The highest BCUT2D eigenvalue weighted by atomic mass is 16.5. The molecule has 0 radical (unpaired) electrons. The van der Waals surface area contributed by atoms with Gasteiger partial charge >= 0.3 is 0 Å². The van der Waals surface area contributed by atoms with Gasteiger partial charge in [-0.3, -0.25) is 14.6 Å². The number of benzene rings is 2. The van der Waals surface area contributed by atoms with Gasteiger partial charge in [-0.2, -0.15) is 0 Å². The number of ether oxygens (including phenoxy) is 1. The Morgan fingerprint density at radius 3 is 2.57 bits per heavy atom. The van der Waals surface area contributed by atoms with Gasteiger partial charge < -0.3 is 10.1 Å². The number of aldehydes is 1. The van der Waals surface area contributed by atoms with Crippen molar-refractivity contribution in [2.24, 2.45) is 5.92 Å². The number of nitrogens with zero attached hydrogens (tertiary/aromatic N) is 1. The maximum absolute atomic E-state index is 12.2. The molecular weight excluding hydrogens is 376 g/mol. The Morgan fingerprint density at radius 2 is 1.80 bits per heavy atom. The number of rotatable bonds is 7. The van der Waals surface area contributed by atoms with E-state index in [9.17, 15) is 9.59 Å². The van der Waals surface area contributed by atoms with Crippen LogP contribution in [0.5, 0.6) is 5.75 Å². The number of carbonyl (C=O) groups is 2. The lowest BCUT2D eigenvalue weighted by atomic mass is 9.89. The first-order valence-electron chi connectivity index (χ1n) is 10.6. The summed E-state index contributed by atoms with van der Waals surface area (Å²) in [6.07, 6.45) is 8.08. The molecule has 30 heavy (non-hydrogen) atoms. The summed E-state index contributed by atoms with van der Waals surface area (Å²) in [5, 5.41) is 3.84. The van der Waals surface area contributed by atoms with E-state index in [1.807, 2.05) is 42.5 Å². The van der Waals surface area contributed by atoms with Crippen LogP contribution < -0.4 is 10.1 Å². The Hall–Kier alpha value is -3.21. The number of amides is 1. The van der Waals surface area contributed by atoms with Crippen molar-refractivity contribution in [3.8, 4) is 16.9 Å². The molecule has 0 spiro atoms. The van der Waals surface area contributed by atoms with Gasteiger partial charge in [-0.05, 0) is 54.3 Å². The normalized spacial score (nSPS) is 14.4. The molecule has 1 aliphatic rings. The highest BCUT2D eigenvalue weighted by Crippen LogP contribution is 2.27. The molecule has 1 amide bonds. The number of pyridine rings is 1. The third-order valence-electron chi connectivity index (χ3n) is 5.74. The van der Waals surface area contributed by atoms with E-state index in [4.69, 9.17) is 4.74 Å². The van der Waals surface area contributed by atoms with E-state index in [-0.39, 0.29) is 11.8 Å². The van der Waals surface area contributed by atoms with Crippen molar-refractivity contribution in [3.05, 3.63) is 60.3 Å². The Labute approximate surface area is 176 Å². The van der Waals surface area contributed by atoms with Crippen molar-refractivity contribution in [1.82, 2.24) is 10.3 Å². The maximum Gasteiger partial charge on any atom is 0.223 e. The Kier molecular flexibility index (Phi) is 6.38. The second kappa shape index (κ2) is 9.53. The van der Waals surface area contributed by atoms with Crippen molar-refractivity contribution >= 4 is 23.1 Å². The number of hydrogen-bond donors (Lipinski definition) is 1. The number of aromatic nitrogens is 1. The first-order valence-corrected chi connectivity index (χ1v) is 10.6. The summed E-state index contributed by atoms with van der Waals surface area (Å²) in [7, 11) is 0. The summed E-state index contributed by atoms with van der Waals surface area (Å²) >= 11 is 0. The van der Waals surface area contributed by atoms with Gasteiger partial charge in [-0.1, -0.05) is 37.5 Å². The molecule has 2 aromatic carbocycles. The Bertz CT molecular complexity index is 1020. The molecule has 0 unspecified atom stereocenters. The first kappa shape index (κ1) is 20.1. The predicted molar refractivity (Wildman–Crippen MR) is 118 cm³/mol. The topological polar surface area (TPSA) is 68.3 Å². The lowest BCUT2D eigenvalue weighted by Crippen LogP contribution is -2.34. The zero-order chi connectivity index (χ0) is 20.8. The predicted octanol–water partition coefficient (Wildman–Crippen LogP) is 4.79. The molecule has 0 bridgehead atoms. The van der Waals surface area contributed by atoms with E-state index in [0.717, 1.165) is 59.7 Å². The first-order chi connectivity index (χ1) is 14.7. The van der Waals surface area contributed by atoms with Crippen LogP contribution in [0.25, 0.3) is 22.0 Å². The molecule has 0 saturated heterocycles. The fourth-order valence-corrected chi connectivity index (χ4v) is 4.05. The summed E-state index contributed by atoms with van der Waals surface area (Å²) < 4.78 is 5.77. The van der Waals surface area contributed by atoms with Gasteiger partial charge in [0.25, 0.3) is 0 Å². The smallest absolute Gasteiger partial charge is 0.223 e. The average molecular weight is 402 g/mol. The van der Waals surface area contributed by atoms with E-state index in [0.29, 0.717) is 18.7 Å². The van der Waals surface area contributed by atoms with Gasteiger partial charge in [-0.15, -0.1) is 0 Å². The zero-order valence-corrected chi connectivity index (χ0v) is 17.0. The number of hydrogen-bond acceptors (Lipinski definition) is 4. The van der Waals surface area contributed by atoms with Gasteiger partial charge in [0, 0.05) is 23.1 Å². The highest BCUT2D eigenvalue weighted by molar-refractivity contribution is 5.98. The molecule has 1 aliphatic carbocycles. The standard InChI is InChI=1S/C25H26N2O3/c28-17-21-12-13-26-24-11-8-20(16-23(21)24)18-6-9-22(10-7-18)30-15-14-27-25(29)19-4-2-1-3-5-19/h6-13,16-17,19H,1-5,14-15H2,(H,27,29). The zero-order valence-electron chi connectivity index (χ0n) is 17.0. The van der Waals surface area contributed by atoms with Gasteiger partial charge in [0.2, 0.25) is 5.91 Å². The van der Waals surface area contributed by atoms with Gasteiger partial charge in [-0.25, -0.2) is 0 Å².